The van der Waals surface area contributed by atoms with Gasteiger partial charge in [0.05, 0.1) is 18.4 Å². The Bertz CT molecular complexity index is 2100. The van der Waals surface area contributed by atoms with Crippen molar-refractivity contribution in [3.63, 3.8) is 0 Å². The maximum absolute atomic E-state index is 5.73. The van der Waals surface area contributed by atoms with Crippen molar-refractivity contribution in [2.24, 2.45) is 0 Å². The van der Waals surface area contributed by atoms with E-state index in [1.54, 1.807) is 13.2 Å². The van der Waals surface area contributed by atoms with Crippen LogP contribution < -0.4 is 19.6 Å². The number of unbranched alkanes of at least 4 members (excludes halogenated alkanes) is 10. The van der Waals surface area contributed by atoms with E-state index in [4.69, 9.17) is 21.0 Å². The van der Waals surface area contributed by atoms with E-state index in [1.165, 1.54) is 88.3 Å². The molecule has 0 amide bonds. The molecule has 2 aromatic carbocycles. The number of anilines is 1. The van der Waals surface area contributed by atoms with Gasteiger partial charge in [0.1, 0.15) is 17.6 Å². The lowest BCUT2D eigenvalue weighted by atomic mass is 9.90. The van der Waals surface area contributed by atoms with Gasteiger partial charge in [-0.15, -0.1) is 16.6 Å². The van der Waals surface area contributed by atoms with E-state index < -0.39 is 0 Å². The Morgan fingerprint density at radius 3 is 2.07 bits per heavy atom. The highest BCUT2D eigenvalue weighted by molar-refractivity contribution is 5.70. The molecule has 0 N–H and O–H groups in total. The van der Waals surface area contributed by atoms with Crippen LogP contribution in [0, 0.1) is 55.0 Å². The number of fused-ring (bicyclic) bond motifs is 1. The monoisotopic (exact) mass is 723 g/mol. The Kier molecular flexibility index (Phi) is 16.4. The van der Waals surface area contributed by atoms with Crippen molar-refractivity contribution in [1.29, 1.82) is 0 Å². The number of nitrogens with zero attached hydrogens (tertiary/aromatic N) is 5. The lowest BCUT2D eigenvalue weighted by Crippen LogP contribution is -2.26. The smallest absolute Gasteiger partial charge is 0.189 e. The third kappa shape index (κ3) is 11.8. The molecule has 282 valence electrons. The van der Waals surface area contributed by atoms with Crippen LogP contribution in [0.4, 0.5) is 5.69 Å². The highest BCUT2D eigenvalue weighted by atomic mass is 16.5. The van der Waals surface area contributed by atoms with Crippen LogP contribution in [-0.4, -0.2) is 40.0 Å². The first-order valence-electron chi connectivity index (χ1n) is 19.7. The molecule has 4 rings (SSSR count). The fraction of sp³-hybridized carbons (Fsp3) is 0.468. The van der Waals surface area contributed by atoms with Crippen LogP contribution >= 0.6 is 0 Å². The predicted octanol–water partition coefficient (Wildman–Crippen LogP) is 9.46. The van der Waals surface area contributed by atoms with Gasteiger partial charge in [-0.25, -0.2) is 0 Å². The number of benzene rings is 2. The Morgan fingerprint density at radius 1 is 0.796 bits per heavy atom. The molecular weight excluding hydrogens is 667 g/mol. The van der Waals surface area contributed by atoms with Gasteiger partial charge in [0.15, 0.2) is 11.5 Å². The van der Waals surface area contributed by atoms with E-state index in [9.17, 15) is 0 Å². The zero-order valence-electron chi connectivity index (χ0n) is 33.6. The first kappa shape index (κ1) is 41.4. The molecule has 7 heteroatoms. The summed E-state index contributed by atoms with van der Waals surface area (Å²) >= 11 is 0. The van der Waals surface area contributed by atoms with Crippen molar-refractivity contribution in [1.82, 2.24) is 19.8 Å². The van der Waals surface area contributed by atoms with Gasteiger partial charge < -0.3 is 14.4 Å². The Morgan fingerprint density at radius 2 is 1.44 bits per heavy atom. The average Bonchev–Trinajstić information content (AvgIpc) is 3.74. The molecule has 54 heavy (non-hydrogen) atoms. The molecule has 7 nitrogen and oxygen atoms in total. The Labute approximate surface area is 324 Å². The van der Waals surface area contributed by atoms with E-state index >= 15 is 0 Å². The summed E-state index contributed by atoms with van der Waals surface area (Å²) in [5, 5.41) is 15.3. The van der Waals surface area contributed by atoms with Gasteiger partial charge in [-0.1, -0.05) is 105 Å². The van der Waals surface area contributed by atoms with Crippen LogP contribution in [0.1, 0.15) is 128 Å². The summed E-state index contributed by atoms with van der Waals surface area (Å²) in [6.45, 7) is 15.5. The van der Waals surface area contributed by atoms with Crippen LogP contribution in [-0.2, 0) is 5.41 Å². The first-order valence-corrected chi connectivity index (χ1v) is 19.7. The minimum absolute atomic E-state index is 0.251. The SMILES string of the molecule is C#CC#CC#CC#COc1ccc(OC)c(-c2nnc3c(=Cc4ccc(N(CCCCCCCC)CCCCCCCC)cc4C)c(C(C)(C)C)nn23)c1. The number of aryl methyl sites for hydroxylation is 1. The number of terminal acetylenes is 1. The van der Waals surface area contributed by atoms with Gasteiger partial charge in [0.2, 0.25) is 0 Å². The lowest BCUT2D eigenvalue weighted by Gasteiger charge is -2.26. The number of ether oxygens (including phenoxy) is 2. The van der Waals surface area contributed by atoms with Crippen molar-refractivity contribution in [3.8, 4) is 70.9 Å². The van der Waals surface area contributed by atoms with Crippen molar-refractivity contribution in [3.05, 3.63) is 58.4 Å². The third-order valence-corrected chi connectivity index (χ3v) is 9.48. The topological polar surface area (TPSA) is 64.8 Å². The first-order chi connectivity index (χ1) is 26.2. The molecule has 4 aromatic rings. The van der Waals surface area contributed by atoms with Crippen LogP contribution in [0.3, 0.4) is 0 Å². The lowest BCUT2D eigenvalue weighted by molar-refractivity contribution is 0.414. The number of methoxy groups -OCH3 is 1. The molecular formula is C47H57N5O2. The highest BCUT2D eigenvalue weighted by Gasteiger charge is 2.25. The third-order valence-electron chi connectivity index (χ3n) is 9.48. The highest BCUT2D eigenvalue weighted by Crippen LogP contribution is 2.33. The second-order valence-corrected chi connectivity index (χ2v) is 14.8. The van der Waals surface area contributed by atoms with E-state index in [0.29, 0.717) is 28.5 Å². The molecule has 0 unspecified atom stereocenters. The second-order valence-electron chi connectivity index (χ2n) is 14.8. The second kappa shape index (κ2) is 21.4. The molecule has 0 aliphatic heterocycles. The molecule has 2 aromatic heterocycles. The maximum Gasteiger partial charge on any atom is 0.189 e. The number of rotatable bonds is 19. The molecule has 0 bridgehead atoms. The number of hydrogen-bond acceptors (Lipinski definition) is 6. The van der Waals surface area contributed by atoms with Crippen molar-refractivity contribution >= 4 is 17.4 Å². The quantitative estimate of drug-likeness (QED) is 0.0710. The maximum atomic E-state index is 5.73. The molecule has 2 heterocycles. The standard InChI is InChI=1S/C47H57N5O2/c1-9-12-15-18-21-24-31-51(32-25-22-19-16-13-10-2)39-28-27-38(37(4)34-39)35-42-44(47(5,6)7)50-52-45(48-49-46(42)52)41-36-40(29-30-43(41)53-8)54-33-26-23-20-17-14-11-3/h3,27-30,34-36H,9-10,12-13,15-16,18-19,21-22,24-25,31-32H2,1-2,4-8H3. The molecule has 0 aliphatic rings. The summed E-state index contributed by atoms with van der Waals surface area (Å²) < 4.78 is 13.2. The molecule has 0 spiro atoms. The summed E-state index contributed by atoms with van der Waals surface area (Å²) in [6.07, 6.45) is 25.6. The van der Waals surface area contributed by atoms with Gasteiger partial charge in [0, 0.05) is 47.2 Å². The fourth-order valence-corrected chi connectivity index (χ4v) is 6.53. The van der Waals surface area contributed by atoms with E-state index in [2.05, 4.69) is 123 Å². The average molecular weight is 724 g/mol. The Hall–Kier alpha value is -5.37. The van der Waals surface area contributed by atoms with Crippen molar-refractivity contribution < 1.29 is 9.47 Å². The number of hydrogen-bond donors (Lipinski definition) is 0. The summed E-state index contributed by atoms with van der Waals surface area (Å²) in [6, 6.07) is 12.3. The molecule has 0 atom stereocenters. The van der Waals surface area contributed by atoms with Crippen LogP contribution in [0.5, 0.6) is 11.5 Å². The van der Waals surface area contributed by atoms with E-state index in [0.717, 1.165) is 29.6 Å². The minimum atomic E-state index is -0.251. The van der Waals surface area contributed by atoms with Gasteiger partial charge in [-0.05, 0) is 85.1 Å². The predicted molar refractivity (Wildman–Crippen MR) is 223 cm³/mol. The summed E-state index contributed by atoms with van der Waals surface area (Å²) in [5.74, 6) is 16.6. The Balaban J connectivity index is 1.66. The van der Waals surface area contributed by atoms with Crippen LogP contribution in [0.25, 0.3) is 23.1 Å². The van der Waals surface area contributed by atoms with Gasteiger partial charge in [-0.3, -0.25) is 0 Å². The fourth-order valence-electron chi connectivity index (χ4n) is 6.53. The van der Waals surface area contributed by atoms with E-state index in [-0.39, 0.29) is 5.41 Å². The summed E-state index contributed by atoms with van der Waals surface area (Å²) in [4.78, 5) is 2.62. The molecule has 0 aliphatic carbocycles. The molecule has 0 radical (unpaired) electrons. The van der Waals surface area contributed by atoms with Crippen LogP contribution in [0.15, 0.2) is 36.4 Å². The van der Waals surface area contributed by atoms with Gasteiger partial charge in [0.25, 0.3) is 0 Å². The zero-order chi connectivity index (χ0) is 38.8. The zero-order valence-corrected chi connectivity index (χ0v) is 33.6. The summed E-state index contributed by atoms with van der Waals surface area (Å²) in [7, 11) is 1.62. The van der Waals surface area contributed by atoms with Crippen LogP contribution in [0.2, 0.25) is 0 Å². The van der Waals surface area contributed by atoms with Crippen molar-refractivity contribution in [2.45, 2.75) is 124 Å². The normalized spacial score (nSPS) is 11.2. The molecule has 0 saturated heterocycles. The van der Waals surface area contributed by atoms with Gasteiger partial charge >= 0.3 is 0 Å². The molecule has 0 fully saturated rings. The van der Waals surface area contributed by atoms with E-state index in [1.807, 2.05) is 16.6 Å². The molecule has 0 saturated carbocycles. The van der Waals surface area contributed by atoms with Crippen molar-refractivity contribution in [2.75, 3.05) is 25.1 Å². The number of aromatic nitrogens is 4. The van der Waals surface area contributed by atoms with Gasteiger partial charge in [-0.2, -0.15) is 9.61 Å². The largest absolute Gasteiger partial charge is 0.496 e. The minimum Gasteiger partial charge on any atom is -0.496 e. The summed E-state index contributed by atoms with van der Waals surface area (Å²) in [5.41, 5.74) is 5.72.